The fraction of sp³-hybridized carbons (Fsp3) is 0.417. The number of piperidine rings is 1. The number of carbonyl (C=O) groups excluding carboxylic acids is 2. The summed E-state index contributed by atoms with van der Waals surface area (Å²) in [5, 5.41) is 3.10. The predicted molar refractivity (Wildman–Crippen MR) is 115 cm³/mol. The minimum atomic E-state index is -4.48. The Morgan fingerprint density at radius 2 is 1.97 bits per heavy atom. The smallest absolute Gasteiger partial charge is 0.416 e. The van der Waals surface area contributed by atoms with Crippen LogP contribution in [0.2, 0.25) is 0 Å². The van der Waals surface area contributed by atoms with Gasteiger partial charge in [-0.25, -0.2) is 0 Å². The van der Waals surface area contributed by atoms with E-state index in [2.05, 4.69) is 10.2 Å². The second kappa shape index (κ2) is 9.32. The number of hydrogen-bond acceptors (Lipinski definition) is 4. The number of carbonyl (C=O) groups is 2. The highest BCUT2D eigenvalue weighted by molar-refractivity contribution is 5.97. The van der Waals surface area contributed by atoms with E-state index in [0.29, 0.717) is 36.3 Å². The van der Waals surface area contributed by atoms with Crippen LogP contribution in [0.3, 0.4) is 0 Å². The van der Waals surface area contributed by atoms with Crippen LogP contribution in [0.25, 0.3) is 0 Å². The van der Waals surface area contributed by atoms with Gasteiger partial charge < -0.3 is 15.0 Å². The average molecular weight is 448 g/mol. The van der Waals surface area contributed by atoms with Gasteiger partial charge in [0, 0.05) is 17.7 Å². The van der Waals surface area contributed by atoms with E-state index in [4.69, 9.17) is 4.74 Å². The van der Waals surface area contributed by atoms with Crippen molar-refractivity contribution in [2.45, 2.75) is 44.8 Å². The SMILES string of the molecule is CCc1c(C(=O)NC2(c3ccccc3OC=O)CCCN(C)C2)ccc(C(F)(F)F)c1C. The molecule has 32 heavy (non-hydrogen) atoms. The molecule has 1 unspecified atom stereocenters. The van der Waals surface area contributed by atoms with Crippen molar-refractivity contribution >= 4 is 12.4 Å². The summed E-state index contributed by atoms with van der Waals surface area (Å²) in [4.78, 5) is 26.6. The molecule has 2 aromatic carbocycles. The Balaban J connectivity index is 2.06. The van der Waals surface area contributed by atoms with Crippen molar-refractivity contribution in [1.82, 2.24) is 10.2 Å². The first kappa shape index (κ1) is 23.8. The fourth-order valence-corrected chi connectivity index (χ4v) is 4.69. The van der Waals surface area contributed by atoms with Crippen LogP contribution in [0.1, 0.15) is 52.4 Å². The molecular formula is C24H27F3N2O3. The Kier molecular flexibility index (Phi) is 6.93. The van der Waals surface area contributed by atoms with Crippen molar-refractivity contribution in [3.8, 4) is 5.75 Å². The number of likely N-dealkylation sites (N-methyl/N-ethyl adjacent to an activating group) is 1. The lowest BCUT2D eigenvalue weighted by Gasteiger charge is -2.43. The normalized spacial score (nSPS) is 19.4. The second-order valence-corrected chi connectivity index (χ2v) is 8.20. The van der Waals surface area contributed by atoms with E-state index in [1.807, 2.05) is 7.05 Å². The summed E-state index contributed by atoms with van der Waals surface area (Å²) in [7, 11) is 1.93. The maximum atomic E-state index is 13.4. The number of para-hydroxylation sites is 1. The van der Waals surface area contributed by atoms with E-state index in [1.54, 1.807) is 31.2 Å². The highest BCUT2D eigenvalue weighted by atomic mass is 19.4. The van der Waals surface area contributed by atoms with Gasteiger partial charge in [-0.3, -0.25) is 9.59 Å². The lowest BCUT2D eigenvalue weighted by molar-refractivity contribution is -0.138. The maximum Gasteiger partial charge on any atom is 0.416 e. The fourth-order valence-electron chi connectivity index (χ4n) is 4.69. The number of amides is 1. The Morgan fingerprint density at radius 3 is 2.59 bits per heavy atom. The number of benzene rings is 2. The van der Waals surface area contributed by atoms with Crippen molar-refractivity contribution in [1.29, 1.82) is 0 Å². The van der Waals surface area contributed by atoms with Crippen LogP contribution in [0.15, 0.2) is 36.4 Å². The molecule has 172 valence electrons. The second-order valence-electron chi connectivity index (χ2n) is 8.20. The van der Waals surface area contributed by atoms with E-state index < -0.39 is 23.2 Å². The van der Waals surface area contributed by atoms with Gasteiger partial charge >= 0.3 is 6.18 Å². The quantitative estimate of drug-likeness (QED) is 0.663. The van der Waals surface area contributed by atoms with Gasteiger partial charge in [0.15, 0.2) is 0 Å². The molecule has 1 atom stereocenters. The number of likely N-dealkylation sites (tertiary alicyclic amines) is 1. The van der Waals surface area contributed by atoms with Crippen molar-refractivity contribution in [3.05, 3.63) is 64.2 Å². The van der Waals surface area contributed by atoms with Crippen molar-refractivity contribution in [2.24, 2.45) is 0 Å². The standard InChI is InChI=1S/C24H27F3N2O3/c1-4-17-16(2)19(24(25,26)27)11-10-18(17)22(31)28-23(12-7-13-29(3)14-23)20-8-5-6-9-21(20)32-15-30/h5-6,8-11,15H,4,7,12-14H2,1-3H3,(H,28,31). The zero-order valence-corrected chi connectivity index (χ0v) is 18.4. The van der Waals surface area contributed by atoms with E-state index in [9.17, 15) is 22.8 Å². The van der Waals surface area contributed by atoms with Gasteiger partial charge in [-0.15, -0.1) is 0 Å². The number of halogens is 3. The molecule has 5 nitrogen and oxygen atoms in total. The largest absolute Gasteiger partial charge is 0.428 e. The van der Waals surface area contributed by atoms with Crippen LogP contribution in [0, 0.1) is 6.92 Å². The number of hydrogen-bond donors (Lipinski definition) is 1. The first-order chi connectivity index (χ1) is 15.1. The number of alkyl halides is 3. The molecule has 3 rings (SSSR count). The Bertz CT molecular complexity index is 1010. The van der Waals surface area contributed by atoms with E-state index >= 15 is 0 Å². The van der Waals surface area contributed by atoms with Crippen LogP contribution in [0.5, 0.6) is 5.75 Å². The lowest BCUT2D eigenvalue weighted by Crippen LogP contribution is -2.55. The summed E-state index contributed by atoms with van der Waals surface area (Å²) < 4.78 is 45.3. The van der Waals surface area contributed by atoms with E-state index in [0.717, 1.165) is 19.0 Å². The molecule has 0 radical (unpaired) electrons. The molecule has 1 N–H and O–H groups in total. The summed E-state index contributed by atoms with van der Waals surface area (Å²) in [6, 6.07) is 9.21. The maximum absolute atomic E-state index is 13.4. The molecule has 2 aromatic rings. The molecule has 1 saturated heterocycles. The van der Waals surface area contributed by atoms with Gasteiger partial charge in [-0.1, -0.05) is 25.1 Å². The summed E-state index contributed by atoms with van der Waals surface area (Å²) in [6.45, 7) is 4.79. The summed E-state index contributed by atoms with van der Waals surface area (Å²) in [5.74, 6) is -0.104. The van der Waals surface area contributed by atoms with Crippen LogP contribution in [-0.2, 0) is 22.9 Å². The zero-order valence-electron chi connectivity index (χ0n) is 18.4. The van der Waals surface area contributed by atoms with Crippen molar-refractivity contribution in [2.75, 3.05) is 20.1 Å². The van der Waals surface area contributed by atoms with Crippen LogP contribution < -0.4 is 10.1 Å². The van der Waals surface area contributed by atoms with Gasteiger partial charge in [0.25, 0.3) is 12.4 Å². The molecule has 0 aromatic heterocycles. The molecule has 1 aliphatic rings. The highest BCUT2D eigenvalue weighted by Crippen LogP contribution is 2.38. The van der Waals surface area contributed by atoms with Gasteiger partial charge in [0.05, 0.1) is 11.1 Å². The molecule has 0 spiro atoms. The molecule has 8 heteroatoms. The Labute approximate surface area is 185 Å². The molecule has 0 bridgehead atoms. The van der Waals surface area contributed by atoms with Crippen LogP contribution >= 0.6 is 0 Å². The van der Waals surface area contributed by atoms with Gasteiger partial charge in [0.1, 0.15) is 5.75 Å². The topological polar surface area (TPSA) is 58.6 Å². The Hall–Kier alpha value is -2.87. The predicted octanol–water partition coefficient (Wildman–Crippen LogP) is 4.46. The summed E-state index contributed by atoms with van der Waals surface area (Å²) in [5.41, 5.74) is -0.275. The number of nitrogens with one attached hydrogen (secondary N) is 1. The highest BCUT2D eigenvalue weighted by Gasteiger charge is 2.41. The van der Waals surface area contributed by atoms with Crippen molar-refractivity contribution < 1.29 is 27.5 Å². The molecule has 1 amide bonds. The molecule has 0 saturated carbocycles. The van der Waals surface area contributed by atoms with E-state index in [1.165, 1.54) is 13.0 Å². The first-order valence-corrected chi connectivity index (χ1v) is 10.5. The third kappa shape index (κ3) is 4.65. The number of nitrogens with zero attached hydrogens (tertiary/aromatic N) is 1. The first-order valence-electron chi connectivity index (χ1n) is 10.5. The summed E-state index contributed by atoms with van der Waals surface area (Å²) >= 11 is 0. The lowest BCUT2D eigenvalue weighted by atomic mass is 9.81. The van der Waals surface area contributed by atoms with Crippen LogP contribution in [-0.4, -0.2) is 37.4 Å². The summed E-state index contributed by atoms with van der Waals surface area (Å²) in [6.07, 6.45) is -2.81. The zero-order chi connectivity index (χ0) is 23.5. The molecule has 0 aliphatic carbocycles. The molecular weight excluding hydrogens is 421 g/mol. The van der Waals surface area contributed by atoms with Crippen molar-refractivity contribution in [3.63, 3.8) is 0 Å². The molecule has 1 aliphatic heterocycles. The minimum absolute atomic E-state index is 0.0622. The van der Waals surface area contributed by atoms with E-state index in [-0.39, 0.29) is 17.5 Å². The average Bonchev–Trinajstić information content (AvgIpc) is 2.73. The number of ether oxygens (including phenoxy) is 1. The number of rotatable bonds is 6. The minimum Gasteiger partial charge on any atom is -0.428 e. The van der Waals surface area contributed by atoms with Crippen LogP contribution in [0.4, 0.5) is 13.2 Å². The van der Waals surface area contributed by atoms with Gasteiger partial charge in [0.2, 0.25) is 0 Å². The van der Waals surface area contributed by atoms with Gasteiger partial charge in [-0.05, 0) is 69.1 Å². The third-order valence-electron chi connectivity index (χ3n) is 6.12. The Morgan fingerprint density at radius 1 is 1.25 bits per heavy atom. The van der Waals surface area contributed by atoms with Gasteiger partial charge in [-0.2, -0.15) is 13.2 Å². The molecule has 1 heterocycles. The monoisotopic (exact) mass is 448 g/mol. The molecule has 1 fully saturated rings. The third-order valence-corrected chi connectivity index (χ3v) is 6.12.